The number of hydrogen-bond donors (Lipinski definition) is 4. The molecule has 2 heterocycles. The van der Waals surface area contributed by atoms with Gasteiger partial charge in [0.25, 0.3) is 0 Å². The normalized spacial score (nSPS) is 11.5. The number of aromatic nitrogens is 2. The van der Waals surface area contributed by atoms with Gasteiger partial charge in [-0.05, 0) is 12.1 Å². The second-order valence-electron chi connectivity index (χ2n) is 6.36. The Labute approximate surface area is 171 Å². The maximum Gasteiger partial charge on any atom is 0.350 e. The third-order valence-corrected chi connectivity index (χ3v) is 4.17. The molecule has 3 rings (SSSR count). The van der Waals surface area contributed by atoms with Crippen molar-refractivity contribution in [3.63, 3.8) is 0 Å². The molecule has 0 saturated heterocycles. The van der Waals surface area contributed by atoms with E-state index < -0.39 is 30.7 Å². The highest BCUT2D eigenvalue weighted by atomic mass is 16.5. The van der Waals surface area contributed by atoms with E-state index in [9.17, 15) is 14.4 Å². The third kappa shape index (κ3) is 4.67. The Hall–Kier alpha value is -3.64. The minimum absolute atomic E-state index is 0.0509. The lowest BCUT2D eigenvalue weighted by Crippen LogP contribution is -2.42. The van der Waals surface area contributed by atoms with E-state index in [1.807, 2.05) is 0 Å². The van der Waals surface area contributed by atoms with E-state index in [-0.39, 0.29) is 24.7 Å². The number of nitrogens with zero attached hydrogens (tertiary/aromatic N) is 3. The van der Waals surface area contributed by atoms with E-state index in [1.54, 1.807) is 18.2 Å². The van der Waals surface area contributed by atoms with Crippen molar-refractivity contribution < 1.29 is 24.2 Å². The van der Waals surface area contributed by atoms with E-state index in [0.29, 0.717) is 30.3 Å². The van der Waals surface area contributed by atoms with Gasteiger partial charge in [-0.25, -0.2) is 4.79 Å². The van der Waals surface area contributed by atoms with Crippen LogP contribution >= 0.6 is 0 Å². The second-order valence-corrected chi connectivity index (χ2v) is 6.36. The number of fused-ring (bicyclic) bond motifs is 2. The number of amides is 1. The number of ether oxygens (including phenoxy) is 2. The van der Waals surface area contributed by atoms with Gasteiger partial charge in [0.15, 0.2) is 17.3 Å². The van der Waals surface area contributed by atoms with Crippen LogP contribution in [0.2, 0.25) is 0 Å². The van der Waals surface area contributed by atoms with Crippen LogP contribution in [0.25, 0.3) is 0 Å². The van der Waals surface area contributed by atoms with Crippen LogP contribution in [0, 0.1) is 0 Å². The zero-order valence-electron chi connectivity index (χ0n) is 16.0. The smallest absolute Gasteiger partial charge is 0.350 e. The van der Waals surface area contributed by atoms with Gasteiger partial charge in [-0.3, -0.25) is 14.2 Å². The lowest BCUT2D eigenvalue weighted by molar-refractivity contribution is -0.144. The minimum atomic E-state index is -1.18. The molecule has 0 aliphatic carbocycles. The van der Waals surface area contributed by atoms with E-state index >= 15 is 0 Å². The lowest BCUT2D eigenvalue weighted by Gasteiger charge is -2.24. The third-order valence-electron chi connectivity index (χ3n) is 4.17. The van der Waals surface area contributed by atoms with Crippen molar-refractivity contribution in [3.8, 4) is 17.2 Å². The van der Waals surface area contributed by atoms with E-state index in [2.05, 4.69) is 10.3 Å². The number of hydrogen-bond acceptors (Lipinski definition) is 9. The molecule has 0 unspecified atom stereocenters. The number of nitrogens with one attached hydrogen (secondary N) is 1. The molecule has 1 aliphatic rings. The number of carbonyl (C=O) groups excluding carboxylic acids is 1. The first-order valence-electron chi connectivity index (χ1n) is 9.14. The van der Waals surface area contributed by atoms with Gasteiger partial charge in [0.2, 0.25) is 5.91 Å². The molecule has 6 N–H and O–H groups in total. The summed E-state index contributed by atoms with van der Waals surface area (Å²) in [5.41, 5.74) is 10.7. The molecular weight excluding hydrogens is 396 g/mol. The zero-order chi connectivity index (χ0) is 21.7. The summed E-state index contributed by atoms with van der Waals surface area (Å²) in [6, 6.07) is 5.17. The molecule has 1 aromatic carbocycles. The van der Waals surface area contributed by atoms with Gasteiger partial charge in [-0.1, -0.05) is 6.07 Å². The first-order chi connectivity index (χ1) is 14.4. The summed E-state index contributed by atoms with van der Waals surface area (Å²) in [7, 11) is 0. The number of carboxylic acids is 1. The molecule has 0 bridgehead atoms. The highest BCUT2D eigenvalue weighted by Crippen LogP contribution is 2.44. The Morgan fingerprint density at radius 2 is 2.07 bits per heavy atom. The molecule has 1 amide bonds. The summed E-state index contributed by atoms with van der Waals surface area (Å²) < 4.78 is 12.4. The lowest BCUT2D eigenvalue weighted by atomic mass is 10.2. The number of carbonyl (C=O) groups is 2. The molecule has 12 nitrogen and oxygen atoms in total. The number of anilines is 2. The highest BCUT2D eigenvalue weighted by molar-refractivity contribution is 5.81. The van der Waals surface area contributed by atoms with E-state index in [4.69, 9.17) is 26.0 Å². The summed E-state index contributed by atoms with van der Waals surface area (Å²) in [6.45, 7) is -0.134. The summed E-state index contributed by atoms with van der Waals surface area (Å²) in [5, 5.41) is 12.0. The van der Waals surface area contributed by atoms with Crippen LogP contribution < -0.4 is 31.9 Å². The zero-order valence-corrected chi connectivity index (χ0v) is 16.0. The maximum atomic E-state index is 12.4. The summed E-state index contributed by atoms with van der Waals surface area (Å²) in [5.74, 6) is -0.404. The van der Waals surface area contributed by atoms with Crippen LogP contribution in [0.15, 0.2) is 29.2 Å². The number of carboxylic acid groups (broad SMARTS) is 1. The van der Waals surface area contributed by atoms with E-state index in [0.717, 1.165) is 9.47 Å². The highest BCUT2D eigenvalue weighted by Gasteiger charge is 2.24. The van der Waals surface area contributed by atoms with Crippen molar-refractivity contribution in [2.75, 3.05) is 38.1 Å². The van der Waals surface area contributed by atoms with Crippen molar-refractivity contribution in [3.05, 3.63) is 34.9 Å². The van der Waals surface area contributed by atoms with Crippen LogP contribution in [0.5, 0.6) is 17.2 Å². The standard InChI is InChI=1S/C18H22N6O6/c19-4-6-23(10-15(26)27)14(25)9-24-8-13-17(22-18(24)28)21-16-11(29-7-5-20)2-1-3-12(16)30-13/h1-3,8H,4-7,9-10,19-20H2,(H,26,27)(H,21,22,28). The van der Waals surface area contributed by atoms with Crippen LogP contribution in [0.1, 0.15) is 0 Å². The Morgan fingerprint density at radius 1 is 1.27 bits per heavy atom. The first kappa shape index (κ1) is 21.1. The minimum Gasteiger partial charge on any atom is -0.490 e. The Balaban J connectivity index is 1.83. The second kappa shape index (κ2) is 9.24. The Morgan fingerprint density at radius 3 is 2.77 bits per heavy atom. The van der Waals surface area contributed by atoms with Gasteiger partial charge in [-0.15, -0.1) is 0 Å². The van der Waals surface area contributed by atoms with Gasteiger partial charge >= 0.3 is 11.7 Å². The largest absolute Gasteiger partial charge is 0.490 e. The molecule has 0 radical (unpaired) electrons. The van der Waals surface area contributed by atoms with Crippen molar-refractivity contribution in [1.29, 1.82) is 0 Å². The predicted molar refractivity (Wildman–Crippen MR) is 106 cm³/mol. The van der Waals surface area contributed by atoms with Gasteiger partial charge in [0.1, 0.15) is 31.1 Å². The van der Waals surface area contributed by atoms with E-state index in [1.165, 1.54) is 6.20 Å². The van der Waals surface area contributed by atoms with Crippen molar-refractivity contribution in [2.45, 2.75) is 6.54 Å². The number of aliphatic carboxylic acids is 1. The van der Waals surface area contributed by atoms with Crippen LogP contribution in [-0.2, 0) is 16.1 Å². The first-order valence-corrected chi connectivity index (χ1v) is 9.14. The molecule has 1 aliphatic heterocycles. The Bertz CT molecular complexity index is 1010. The fourth-order valence-electron chi connectivity index (χ4n) is 2.85. The predicted octanol–water partition coefficient (Wildman–Crippen LogP) is -0.698. The fraction of sp³-hybridized carbons (Fsp3) is 0.333. The molecule has 0 saturated carbocycles. The molecule has 160 valence electrons. The van der Waals surface area contributed by atoms with Crippen molar-refractivity contribution in [2.24, 2.45) is 11.5 Å². The molecular formula is C18H22N6O6. The monoisotopic (exact) mass is 418 g/mol. The summed E-state index contributed by atoms with van der Waals surface area (Å²) >= 11 is 0. The quantitative estimate of drug-likeness (QED) is 0.348. The van der Waals surface area contributed by atoms with Crippen LogP contribution in [0.3, 0.4) is 0 Å². The number of benzene rings is 1. The SMILES string of the molecule is NCCOc1cccc2c1Nc1nc(=O)n(CC(=O)N(CCN)CC(=O)O)cc1O2. The molecule has 0 atom stereocenters. The summed E-state index contributed by atoms with van der Waals surface area (Å²) in [6.07, 6.45) is 1.34. The van der Waals surface area contributed by atoms with Crippen molar-refractivity contribution >= 4 is 23.4 Å². The molecule has 2 aromatic rings. The number of nitrogens with two attached hydrogens (primary N) is 2. The van der Waals surface area contributed by atoms with Crippen molar-refractivity contribution in [1.82, 2.24) is 14.5 Å². The summed E-state index contributed by atoms with van der Waals surface area (Å²) in [4.78, 5) is 40.8. The number of para-hydroxylation sites is 1. The molecule has 12 heteroatoms. The average molecular weight is 418 g/mol. The topological polar surface area (TPSA) is 175 Å². The molecule has 0 fully saturated rings. The van der Waals surface area contributed by atoms with Gasteiger partial charge in [-0.2, -0.15) is 4.98 Å². The van der Waals surface area contributed by atoms with Crippen LogP contribution in [-0.4, -0.2) is 64.2 Å². The fourth-order valence-corrected chi connectivity index (χ4v) is 2.85. The Kier molecular flexibility index (Phi) is 6.49. The van der Waals surface area contributed by atoms with Gasteiger partial charge in [0.05, 0.1) is 6.20 Å². The van der Waals surface area contributed by atoms with Gasteiger partial charge in [0, 0.05) is 19.6 Å². The molecule has 0 spiro atoms. The number of rotatable bonds is 9. The molecule has 1 aromatic heterocycles. The molecule has 30 heavy (non-hydrogen) atoms. The average Bonchev–Trinajstić information content (AvgIpc) is 2.70. The van der Waals surface area contributed by atoms with Gasteiger partial charge < -0.3 is 36.3 Å². The maximum absolute atomic E-state index is 12.4. The van der Waals surface area contributed by atoms with Crippen LogP contribution in [0.4, 0.5) is 11.5 Å².